The molecule has 3 rings (SSSR count). The van der Waals surface area contributed by atoms with E-state index >= 15 is 0 Å². The lowest BCUT2D eigenvalue weighted by atomic mass is 10.3. The standard InChI is InChI=1S/C16H13BrN4OS/c1-11-7-8-23-14(11)10-18-20-13-9-19-21(16(22)15(13)17)12-5-3-2-4-6-12/h2-10,20H,1H3. The first-order valence-electron chi connectivity index (χ1n) is 6.83. The third-order valence-corrected chi connectivity index (χ3v) is 4.91. The van der Waals surface area contributed by atoms with Crippen molar-refractivity contribution in [3.8, 4) is 5.69 Å². The summed E-state index contributed by atoms with van der Waals surface area (Å²) in [5, 5.41) is 10.4. The van der Waals surface area contributed by atoms with E-state index in [1.165, 1.54) is 4.68 Å². The number of nitrogens with one attached hydrogen (secondary N) is 1. The topological polar surface area (TPSA) is 59.3 Å². The molecular formula is C16H13BrN4OS. The van der Waals surface area contributed by atoms with Crippen LogP contribution >= 0.6 is 27.3 Å². The Bertz CT molecular complexity index is 902. The van der Waals surface area contributed by atoms with Crippen molar-refractivity contribution in [2.45, 2.75) is 6.92 Å². The molecule has 0 atom stereocenters. The molecule has 0 saturated carbocycles. The molecule has 1 aromatic carbocycles. The van der Waals surface area contributed by atoms with Crippen LogP contribution in [0.15, 0.2) is 62.3 Å². The average Bonchev–Trinajstić information content (AvgIpc) is 2.98. The van der Waals surface area contributed by atoms with Crippen LogP contribution in [-0.2, 0) is 0 Å². The highest BCUT2D eigenvalue weighted by Crippen LogP contribution is 2.18. The van der Waals surface area contributed by atoms with Gasteiger partial charge in [0.25, 0.3) is 5.56 Å². The molecule has 0 aliphatic heterocycles. The normalized spacial score (nSPS) is 11.0. The second-order valence-corrected chi connectivity index (χ2v) is 6.50. The molecule has 23 heavy (non-hydrogen) atoms. The van der Waals surface area contributed by atoms with Gasteiger partial charge in [0.1, 0.15) is 4.47 Å². The Hall–Kier alpha value is -2.25. The highest BCUT2D eigenvalue weighted by atomic mass is 79.9. The smallest absolute Gasteiger partial charge is 0.275 e. The summed E-state index contributed by atoms with van der Waals surface area (Å²) in [7, 11) is 0. The van der Waals surface area contributed by atoms with Crippen molar-refractivity contribution in [2.75, 3.05) is 5.43 Å². The number of nitrogens with zero attached hydrogens (tertiary/aromatic N) is 3. The van der Waals surface area contributed by atoms with Gasteiger partial charge in [-0.15, -0.1) is 11.3 Å². The molecular weight excluding hydrogens is 376 g/mol. The molecule has 1 N–H and O–H groups in total. The molecule has 0 aliphatic carbocycles. The lowest BCUT2D eigenvalue weighted by molar-refractivity contribution is 0.801. The van der Waals surface area contributed by atoms with E-state index in [0.717, 1.165) is 10.4 Å². The number of aryl methyl sites for hydroxylation is 1. The number of hydrogen-bond acceptors (Lipinski definition) is 5. The summed E-state index contributed by atoms with van der Waals surface area (Å²) in [6.07, 6.45) is 3.30. The van der Waals surface area contributed by atoms with Crippen LogP contribution in [0.25, 0.3) is 5.69 Å². The zero-order chi connectivity index (χ0) is 16.2. The molecule has 0 aliphatic rings. The Morgan fingerprint density at radius 3 is 2.78 bits per heavy atom. The van der Waals surface area contributed by atoms with Crippen molar-refractivity contribution in [3.63, 3.8) is 0 Å². The van der Waals surface area contributed by atoms with Crippen molar-refractivity contribution < 1.29 is 0 Å². The lowest BCUT2D eigenvalue weighted by Crippen LogP contribution is -2.22. The van der Waals surface area contributed by atoms with Crippen LogP contribution in [-0.4, -0.2) is 16.0 Å². The van der Waals surface area contributed by atoms with Gasteiger partial charge in [-0.1, -0.05) is 18.2 Å². The Balaban J connectivity index is 1.85. The number of para-hydroxylation sites is 1. The highest BCUT2D eigenvalue weighted by Gasteiger charge is 2.09. The summed E-state index contributed by atoms with van der Waals surface area (Å²) in [5.41, 5.74) is 5.00. The van der Waals surface area contributed by atoms with Crippen molar-refractivity contribution in [1.82, 2.24) is 9.78 Å². The van der Waals surface area contributed by atoms with Crippen molar-refractivity contribution in [1.29, 1.82) is 0 Å². The second-order valence-electron chi connectivity index (χ2n) is 4.76. The number of hydrazone groups is 1. The minimum Gasteiger partial charge on any atom is -0.275 e. The second kappa shape index (κ2) is 6.89. The quantitative estimate of drug-likeness (QED) is 0.545. The van der Waals surface area contributed by atoms with Crippen molar-refractivity contribution in [2.24, 2.45) is 5.10 Å². The summed E-state index contributed by atoms with van der Waals surface area (Å²) in [6, 6.07) is 11.3. The molecule has 5 nitrogen and oxygen atoms in total. The van der Waals surface area contributed by atoms with Gasteiger partial charge in [0.15, 0.2) is 0 Å². The molecule has 0 bridgehead atoms. The third-order valence-electron chi connectivity index (χ3n) is 3.19. The first-order valence-corrected chi connectivity index (χ1v) is 8.50. The van der Waals surface area contributed by atoms with Gasteiger partial charge in [-0.05, 0) is 52.0 Å². The van der Waals surface area contributed by atoms with Crippen molar-refractivity contribution >= 4 is 39.2 Å². The summed E-state index contributed by atoms with van der Waals surface area (Å²) in [4.78, 5) is 13.5. The summed E-state index contributed by atoms with van der Waals surface area (Å²) < 4.78 is 1.72. The molecule has 0 saturated heterocycles. The molecule has 7 heteroatoms. The van der Waals surface area contributed by atoms with Crippen LogP contribution in [0, 0.1) is 6.92 Å². The fraction of sp³-hybridized carbons (Fsp3) is 0.0625. The number of benzene rings is 1. The molecule has 0 amide bonds. The molecule has 2 aromatic heterocycles. The van der Waals surface area contributed by atoms with Crippen LogP contribution in [0.2, 0.25) is 0 Å². The average molecular weight is 389 g/mol. The zero-order valence-corrected chi connectivity index (χ0v) is 14.6. The molecule has 116 valence electrons. The van der Waals surface area contributed by atoms with Crippen LogP contribution in [0.5, 0.6) is 0 Å². The molecule has 0 spiro atoms. The van der Waals surface area contributed by atoms with Crippen LogP contribution < -0.4 is 11.0 Å². The SMILES string of the molecule is Cc1ccsc1C=NNc1cnn(-c2ccccc2)c(=O)c1Br. The van der Waals surface area contributed by atoms with E-state index in [-0.39, 0.29) is 5.56 Å². The number of aromatic nitrogens is 2. The highest BCUT2D eigenvalue weighted by molar-refractivity contribution is 9.10. The van der Waals surface area contributed by atoms with E-state index in [4.69, 9.17) is 0 Å². The Labute approximate surface area is 145 Å². The first-order chi connectivity index (χ1) is 11.2. The number of hydrogen-bond donors (Lipinski definition) is 1. The maximum atomic E-state index is 12.4. The lowest BCUT2D eigenvalue weighted by Gasteiger charge is -2.07. The van der Waals surface area contributed by atoms with Gasteiger partial charge >= 0.3 is 0 Å². The predicted molar refractivity (Wildman–Crippen MR) is 97.8 cm³/mol. The summed E-state index contributed by atoms with van der Waals surface area (Å²) in [6.45, 7) is 2.02. The van der Waals surface area contributed by atoms with E-state index in [1.54, 1.807) is 23.7 Å². The zero-order valence-electron chi connectivity index (χ0n) is 12.2. The molecule has 0 fully saturated rings. The van der Waals surface area contributed by atoms with Crippen LogP contribution in [0.4, 0.5) is 5.69 Å². The first kappa shape index (κ1) is 15.6. The summed E-state index contributed by atoms with van der Waals surface area (Å²) >= 11 is 4.92. The fourth-order valence-corrected chi connectivity index (χ4v) is 3.09. The minimum absolute atomic E-state index is 0.247. The maximum absolute atomic E-state index is 12.4. The fourth-order valence-electron chi connectivity index (χ4n) is 1.94. The molecule has 0 unspecified atom stereocenters. The number of rotatable bonds is 4. The van der Waals surface area contributed by atoms with E-state index < -0.39 is 0 Å². The van der Waals surface area contributed by atoms with Crippen molar-refractivity contribution in [3.05, 3.63) is 73.2 Å². The molecule has 2 heterocycles. The molecule has 0 radical (unpaired) electrons. The predicted octanol–water partition coefficient (Wildman–Crippen LogP) is 3.81. The monoisotopic (exact) mass is 388 g/mol. The van der Waals surface area contributed by atoms with E-state index in [0.29, 0.717) is 15.8 Å². The van der Waals surface area contributed by atoms with E-state index in [1.807, 2.05) is 48.7 Å². The Morgan fingerprint density at radius 2 is 2.09 bits per heavy atom. The minimum atomic E-state index is -0.247. The Morgan fingerprint density at radius 1 is 1.30 bits per heavy atom. The largest absolute Gasteiger partial charge is 0.287 e. The van der Waals surface area contributed by atoms with Gasteiger partial charge in [-0.2, -0.15) is 14.9 Å². The van der Waals surface area contributed by atoms with Gasteiger partial charge in [0.05, 0.1) is 23.8 Å². The van der Waals surface area contributed by atoms with Gasteiger partial charge in [0.2, 0.25) is 0 Å². The maximum Gasteiger partial charge on any atom is 0.287 e. The summed E-state index contributed by atoms with van der Waals surface area (Å²) in [5.74, 6) is 0. The third kappa shape index (κ3) is 3.40. The van der Waals surface area contributed by atoms with Crippen LogP contribution in [0.1, 0.15) is 10.4 Å². The number of anilines is 1. The van der Waals surface area contributed by atoms with Crippen LogP contribution in [0.3, 0.4) is 0 Å². The Kier molecular flexibility index (Phi) is 4.68. The number of halogens is 1. The van der Waals surface area contributed by atoms with Gasteiger partial charge in [0, 0.05) is 4.88 Å². The number of thiophene rings is 1. The van der Waals surface area contributed by atoms with Gasteiger partial charge in [-0.25, -0.2) is 0 Å². The molecule has 3 aromatic rings. The van der Waals surface area contributed by atoms with E-state index in [9.17, 15) is 4.79 Å². The van der Waals surface area contributed by atoms with Gasteiger partial charge < -0.3 is 0 Å². The van der Waals surface area contributed by atoms with E-state index in [2.05, 4.69) is 31.6 Å². The van der Waals surface area contributed by atoms with Gasteiger partial charge in [-0.3, -0.25) is 10.2 Å².